The van der Waals surface area contributed by atoms with E-state index in [9.17, 15) is 8.78 Å². The molecule has 2 unspecified atom stereocenters. The Morgan fingerprint density at radius 1 is 0.913 bits per heavy atom. The quantitative estimate of drug-likeness (QED) is 0.618. The van der Waals surface area contributed by atoms with Crippen molar-refractivity contribution in [2.75, 3.05) is 0 Å². The van der Waals surface area contributed by atoms with Gasteiger partial charge < -0.3 is 0 Å². The van der Waals surface area contributed by atoms with E-state index < -0.39 is 11.6 Å². The van der Waals surface area contributed by atoms with Crippen molar-refractivity contribution in [1.82, 2.24) is 0 Å². The lowest BCUT2D eigenvalue weighted by molar-refractivity contribution is 0.567. The highest BCUT2D eigenvalue weighted by Gasteiger charge is 2.34. The lowest BCUT2D eigenvalue weighted by Gasteiger charge is -2.08. The number of hydrogen-bond donors (Lipinski definition) is 0. The third kappa shape index (κ3) is 3.15. The number of halogens is 2. The topological polar surface area (TPSA) is 0 Å². The summed E-state index contributed by atoms with van der Waals surface area (Å²) in [6.07, 6.45) is 1.26. The van der Waals surface area contributed by atoms with Gasteiger partial charge in [-0.2, -0.15) is 0 Å². The third-order valence-corrected chi connectivity index (χ3v) is 4.71. The molecule has 23 heavy (non-hydrogen) atoms. The highest BCUT2D eigenvalue weighted by Crippen LogP contribution is 2.47. The maximum atomic E-state index is 13.6. The summed E-state index contributed by atoms with van der Waals surface area (Å²) in [5, 5.41) is 0. The molecule has 0 heterocycles. The Balaban J connectivity index is 1.95. The first-order valence-corrected chi connectivity index (χ1v) is 7.95. The second-order valence-corrected chi connectivity index (χ2v) is 6.66. The molecule has 0 aliphatic heterocycles. The van der Waals surface area contributed by atoms with Gasteiger partial charge in [-0.1, -0.05) is 30.9 Å². The van der Waals surface area contributed by atoms with E-state index >= 15 is 0 Å². The van der Waals surface area contributed by atoms with E-state index in [2.05, 4.69) is 30.9 Å². The van der Waals surface area contributed by atoms with Crippen LogP contribution in [0.4, 0.5) is 8.78 Å². The number of aryl methyl sites for hydroxylation is 2. The monoisotopic (exact) mass is 310 g/mol. The molecule has 0 amide bonds. The molecule has 0 N–H and O–H groups in total. The molecule has 1 aliphatic rings. The Morgan fingerprint density at radius 3 is 1.91 bits per heavy atom. The van der Waals surface area contributed by atoms with Gasteiger partial charge >= 0.3 is 0 Å². The van der Waals surface area contributed by atoms with Crippen molar-refractivity contribution in [1.29, 1.82) is 0 Å². The molecule has 0 aromatic heterocycles. The van der Waals surface area contributed by atoms with Gasteiger partial charge in [-0.25, -0.2) is 8.78 Å². The van der Waals surface area contributed by atoms with Crippen molar-refractivity contribution < 1.29 is 8.78 Å². The minimum Gasteiger partial charge on any atom is -0.207 e. The van der Waals surface area contributed by atoms with Crippen LogP contribution in [0.3, 0.4) is 0 Å². The summed E-state index contributed by atoms with van der Waals surface area (Å²) in [5.74, 6) is 6.31. The van der Waals surface area contributed by atoms with Crippen molar-refractivity contribution in [2.45, 2.75) is 40.0 Å². The molecule has 3 rings (SSSR count). The number of rotatable bonds is 1. The molecule has 0 bridgehead atoms. The Bertz CT molecular complexity index is 791. The summed E-state index contributed by atoms with van der Waals surface area (Å²) >= 11 is 0. The Hall–Kier alpha value is -2.14. The fourth-order valence-corrected chi connectivity index (χ4v) is 3.05. The predicted octanol–water partition coefficient (Wildman–Crippen LogP) is 5.41. The van der Waals surface area contributed by atoms with E-state index in [1.807, 2.05) is 13.8 Å². The summed E-state index contributed by atoms with van der Waals surface area (Å²) < 4.78 is 27.2. The first kappa shape index (κ1) is 15.7. The van der Waals surface area contributed by atoms with Crippen LogP contribution < -0.4 is 0 Å². The Labute approximate surface area is 136 Å². The summed E-state index contributed by atoms with van der Waals surface area (Å²) in [6, 6.07) is 6.97. The molecule has 1 saturated carbocycles. The average molecular weight is 310 g/mol. The summed E-state index contributed by atoms with van der Waals surface area (Å²) in [5.41, 5.74) is 4.98. The van der Waals surface area contributed by atoms with E-state index in [1.165, 1.54) is 31.0 Å². The fourth-order valence-electron chi connectivity index (χ4n) is 3.05. The molecule has 0 radical (unpaired) electrons. The van der Waals surface area contributed by atoms with Crippen molar-refractivity contribution in [3.8, 4) is 11.8 Å². The van der Waals surface area contributed by atoms with Gasteiger partial charge in [-0.15, -0.1) is 0 Å². The highest BCUT2D eigenvalue weighted by molar-refractivity contribution is 5.52. The van der Waals surface area contributed by atoms with Gasteiger partial charge in [-0.05, 0) is 67.9 Å². The van der Waals surface area contributed by atoms with Crippen LogP contribution in [-0.2, 0) is 0 Å². The van der Waals surface area contributed by atoms with Crippen LogP contribution in [0.1, 0.15) is 52.6 Å². The standard InChI is InChI=1S/C21H20F2/c1-12-7-17(19-9-14(19)3)8-13(2)18(12)6-5-16-10-20(22)15(4)21(23)11-16/h7-8,10-11,14,19H,9H2,1-4H3. The van der Waals surface area contributed by atoms with Crippen LogP contribution in [-0.4, -0.2) is 0 Å². The summed E-state index contributed by atoms with van der Waals surface area (Å²) in [6.45, 7) is 7.78. The van der Waals surface area contributed by atoms with Gasteiger partial charge in [0.2, 0.25) is 0 Å². The lowest BCUT2D eigenvalue weighted by Crippen LogP contribution is -1.93. The maximum Gasteiger partial charge on any atom is 0.130 e. The molecular formula is C21H20F2. The highest BCUT2D eigenvalue weighted by atomic mass is 19.1. The number of hydrogen-bond acceptors (Lipinski definition) is 0. The summed E-state index contributed by atoms with van der Waals surface area (Å²) in [4.78, 5) is 0. The Morgan fingerprint density at radius 2 is 1.43 bits per heavy atom. The zero-order valence-electron chi connectivity index (χ0n) is 13.9. The summed E-state index contributed by atoms with van der Waals surface area (Å²) in [7, 11) is 0. The molecule has 2 heteroatoms. The lowest BCUT2D eigenvalue weighted by atomic mass is 9.96. The molecule has 118 valence electrons. The van der Waals surface area contributed by atoms with Crippen LogP contribution in [0, 0.1) is 50.2 Å². The van der Waals surface area contributed by atoms with E-state index in [-0.39, 0.29) is 5.56 Å². The fraction of sp³-hybridized carbons (Fsp3) is 0.333. The van der Waals surface area contributed by atoms with Crippen molar-refractivity contribution in [3.63, 3.8) is 0 Å². The number of benzene rings is 2. The van der Waals surface area contributed by atoms with Crippen molar-refractivity contribution in [3.05, 3.63) is 69.3 Å². The molecule has 0 saturated heterocycles. The minimum absolute atomic E-state index is 0.0332. The largest absolute Gasteiger partial charge is 0.207 e. The molecule has 2 aromatic carbocycles. The van der Waals surface area contributed by atoms with Gasteiger partial charge in [0.25, 0.3) is 0 Å². The van der Waals surface area contributed by atoms with Gasteiger partial charge in [0, 0.05) is 16.7 Å². The van der Waals surface area contributed by atoms with Crippen LogP contribution >= 0.6 is 0 Å². The SMILES string of the molecule is Cc1cc(C2CC2C)cc(C)c1C#Cc1cc(F)c(C)c(F)c1. The average Bonchev–Trinajstić information content (AvgIpc) is 3.20. The smallest absolute Gasteiger partial charge is 0.130 e. The van der Waals surface area contributed by atoms with Crippen molar-refractivity contribution >= 4 is 0 Å². The van der Waals surface area contributed by atoms with Crippen LogP contribution in [0.2, 0.25) is 0 Å². The minimum atomic E-state index is -0.555. The van der Waals surface area contributed by atoms with E-state index in [4.69, 9.17) is 0 Å². The van der Waals surface area contributed by atoms with Crippen molar-refractivity contribution in [2.24, 2.45) is 5.92 Å². The van der Waals surface area contributed by atoms with Crippen LogP contribution in [0.15, 0.2) is 24.3 Å². The van der Waals surface area contributed by atoms with Gasteiger partial charge in [0.15, 0.2) is 0 Å². The molecule has 0 nitrogen and oxygen atoms in total. The van der Waals surface area contributed by atoms with Gasteiger partial charge in [0.05, 0.1) is 0 Å². The molecule has 1 fully saturated rings. The molecule has 0 spiro atoms. The van der Waals surface area contributed by atoms with Crippen LogP contribution in [0.5, 0.6) is 0 Å². The zero-order valence-corrected chi connectivity index (χ0v) is 13.9. The molecule has 2 aromatic rings. The molecule has 1 aliphatic carbocycles. The second-order valence-electron chi connectivity index (χ2n) is 6.66. The molecular weight excluding hydrogens is 290 g/mol. The Kier molecular flexibility index (Phi) is 3.98. The normalized spacial score (nSPS) is 19.2. The second kappa shape index (κ2) is 5.81. The predicted molar refractivity (Wildman–Crippen MR) is 89.5 cm³/mol. The first-order chi connectivity index (χ1) is 10.9. The van der Waals surface area contributed by atoms with Gasteiger partial charge in [-0.3, -0.25) is 0 Å². The van der Waals surface area contributed by atoms with Crippen LogP contribution in [0.25, 0.3) is 0 Å². The maximum absolute atomic E-state index is 13.6. The third-order valence-electron chi connectivity index (χ3n) is 4.71. The zero-order chi connectivity index (χ0) is 16.7. The molecule has 2 atom stereocenters. The first-order valence-electron chi connectivity index (χ1n) is 7.95. The van der Waals surface area contributed by atoms with Gasteiger partial charge in [0.1, 0.15) is 11.6 Å². The van der Waals surface area contributed by atoms with E-state index in [0.717, 1.165) is 22.6 Å². The van der Waals surface area contributed by atoms with E-state index in [0.29, 0.717) is 11.5 Å². The van der Waals surface area contributed by atoms with E-state index in [1.54, 1.807) is 0 Å².